The third-order valence-electron chi connectivity index (χ3n) is 3.57. The lowest BCUT2D eigenvalue weighted by Crippen LogP contribution is -2.39. The van der Waals surface area contributed by atoms with E-state index in [1.807, 2.05) is 4.90 Å². The first-order valence-corrected chi connectivity index (χ1v) is 6.28. The number of likely N-dealkylation sites (tertiary alicyclic amines) is 1. The first kappa shape index (κ1) is 12.2. The van der Waals surface area contributed by atoms with Crippen molar-refractivity contribution in [3.8, 4) is 0 Å². The van der Waals surface area contributed by atoms with Crippen LogP contribution in [0.5, 0.6) is 0 Å². The van der Waals surface area contributed by atoms with Crippen LogP contribution in [-0.2, 0) is 6.54 Å². The van der Waals surface area contributed by atoms with E-state index in [2.05, 4.69) is 13.8 Å². The van der Waals surface area contributed by atoms with Gasteiger partial charge in [0.25, 0.3) is 5.91 Å². The van der Waals surface area contributed by atoms with Crippen LogP contribution in [0, 0.1) is 0 Å². The molecule has 2 N–H and O–H groups in total. The number of hydrogen-bond donors (Lipinski definition) is 1. The summed E-state index contributed by atoms with van der Waals surface area (Å²) in [4.78, 5) is 14.3. The van der Waals surface area contributed by atoms with Gasteiger partial charge < -0.3 is 15.1 Å². The first-order chi connectivity index (χ1) is 8.17. The van der Waals surface area contributed by atoms with Gasteiger partial charge in [-0.25, -0.2) is 0 Å². The van der Waals surface area contributed by atoms with Crippen LogP contribution in [-0.4, -0.2) is 22.9 Å². The van der Waals surface area contributed by atoms with E-state index >= 15 is 0 Å². The summed E-state index contributed by atoms with van der Waals surface area (Å²) in [6.45, 7) is 4.55. The normalized spacial score (nSPS) is 24.3. The van der Waals surface area contributed by atoms with Crippen molar-refractivity contribution in [2.24, 2.45) is 5.73 Å². The molecule has 1 fully saturated rings. The molecule has 2 unspecified atom stereocenters. The van der Waals surface area contributed by atoms with Gasteiger partial charge in [0.2, 0.25) is 0 Å². The second-order valence-corrected chi connectivity index (χ2v) is 4.67. The van der Waals surface area contributed by atoms with Crippen molar-refractivity contribution >= 4 is 5.91 Å². The number of rotatable bonds is 3. The minimum absolute atomic E-state index is 0.00144. The maximum Gasteiger partial charge on any atom is 0.290 e. The number of furan rings is 1. The summed E-state index contributed by atoms with van der Waals surface area (Å²) in [6.07, 6.45) is 3.17. The minimum Gasteiger partial charge on any atom is -0.455 e. The Labute approximate surface area is 102 Å². The van der Waals surface area contributed by atoms with Gasteiger partial charge in [0, 0.05) is 12.1 Å². The molecule has 2 rings (SSSR count). The van der Waals surface area contributed by atoms with Crippen LogP contribution < -0.4 is 5.73 Å². The highest BCUT2D eigenvalue weighted by Gasteiger charge is 2.34. The van der Waals surface area contributed by atoms with E-state index in [0.29, 0.717) is 30.1 Å². The predicted octanol–water partition coefficient (Wildman–Crippen LogP) is 2.14. The van der Waals surface area contributed by atoms with Crippen molar-refractivity contribution in [3.05, 3.63) is 23.7 Å². The Kier molecular flexibility index (Phi) is 3.52. The van der Waals surface area contributed by atoms with Gasteiger partial charge in [-0.1, -0.05) is 6.92 Å². The lowest BCUT2D eigenvalue weighted by Gasteiger charge is -2.26. The molecule has 1 saturated heterocycles. The molecule has 1 aliphatic heterocycles. The van der Waals surface area contributed by atoms with Gasteiger partial charge >= 0.3 is 0 Å². The Morgan fingerprint density at radius 3 is 2.88 bits per heavy atom. The molecule has 0 spiro atoms. The summed E-state index contributed by atoms with van der Waals surface area (Å²) >= 11 is 0. The first-order valence-electron chi connectivity index (χ1n) is 6.28. The Balaban J connectivity index is 2.18. The molecule has 0 aliphatic carbocycles. The molecule has 94 valence electrons. The van der Waals surface area contributed by atoms with Gasteiger partial charge in [-0.05, 0) is 38.3 Å². The number of nitrogens with two attached hydrogens (primary N) is 1. The van der Waals surface area contributed by atoms with Gasteiger partial charge in [0.15, 0.2) is 5.76 Å². The van der Waals surface area contributed by atoms with E-state index < -0.39 is 0 Å². The summed E-state index contributed by atoms with van der Waals surface area (Å²) < 4.78 is 5.43. The maximum absolute atomic E-state index is 12.3. The zero-order valence-electron chi connectivity index (χ0n) is 10.5. The van der Waals surface area contributed by atoms with E-state index in [4.69, 9.17) is 10.2 Å². The number of carbonyl (C=O) groups is 1. The molecule has 0 saturated carbocycles. The van der Waals surface area contributed by atoms with E-state index in [-0.39, 0.29) is 5.91 Å². The number of nitrogens with zero attached hydrogens (tertiary/aromatic N) is 1. The summed E-state index contributed by atoms with van der Waals surface area (Å²) in [5.41, 5.74) is 5.48. The molecular formula is C13H20N2O2. The van der Waals surface area contributed by atoms with Crippen molar-refractivity contribution in [3.63, 3.8) is 0 Å². The number of amides is 1. The van der Waals surface area contributed by atoms with E-state index in [1.165, 1.54) is 0 Å². The van der Waals surface area contributed by atoms with E-state index in [0.717, 1.165) is 19.3 Å². The van der Waals surface area contributed by atoms with Gasteiger partial charge in [0.1, 0.15) is 5.76 Å². The molecule has 2 heterocycles. The van der Waals surface area contributed by atoms with Crippen LogP contribution in [0.15, 0.2) is 16.5 Å². The molecular weight excluding hydrogens is 216 g/mol. The third kappa shape index (κ3) is 2.22. The fourth-order valence-electron chi connectivity index (χ4n) is 2.57. The molecule has 1 aromatic rings. The standard InChI is InChI=1S/C13H20N2O2/c1-3-10-5-4-9(2)15(10)13(16)12-7-6-11(8-14)17-12/h6-7,9-10H,3-5,8,14H2,1-2H3. The Bertz CT molecular complexity index is 400. The fraction of sp³-hybridized carbons (Fsp3) is 0.615. The van der Waals surface area contributed by atoms with Crippen molar-refractivity contribution in [2.75, 3.05) is 0 Å². The van der Waals surface area contributed by atoms with Crippen LogP contribution in [0.4, 0.5) is 0 Å². The molecule has 17 heavy (non-hydrogen) atoms. The summed E-state index contributed by atoms with van der Waals surface area (Å²) in [7, 11) is 0. The largest absolute Gasteiger partial charge is 0.455 e. The molecule has 1 amide bonds. The zero-order valence-corrected chi connectivity index (χ0v) is 10.5. The Hall–Kier alpha value is -1.29. The number of carbonyl (C=O) groups excluding carboxylic acids is 1. The molecule has 2 atom stereocenters. The highest BCUT2D eigenvalue weighted by Crippen LogP contribution is 2.28. The minimum atomic E-state index is 0.00144. The van der Waals surface area contributed by atoms with Crippen LogP contribution in [0.1, 0.15) is 49.4 Å². The van der Waals surface area contributed by atoms with Gasteiger partial charge in [-0.3, -0.25) is 4.79 Å². The van der Waals surface area contributed by atoms with E-state index in [9.17, 15) is 4.79 Å². The van der Waals surface area contributed by atoms with Crippen molar-refractivity contribution in [1.82, 2.24) is 4.90 Å². The second kappa shape index (κ2) is 4.92. The summed E-state index contributed by atoms with van der Waals surface area (Å²) in [5, 5.41) is 0. The highest BCUT2D eigenvalue weighted by atomic mass is 16.4. The lowest BCUT2D eigenvalue weighted by atomic mass is 10.1. The smallest absolute Gasteiger partial charge is 0.290 e. The average molecular weight is 236 g/mol. The monoisotopic (exact) mass is 236 g/mol. The molecule has 0 radical (unpaired) electrons. The highest BCUT2D eigenvalue weighted by molar-refractivity contribution is 5.92. The van der Waals surface area contributed by atoms with Crippen LogP contribution >= 0.6 is 0 Å². The van der Waals surface area contributed by atoms with Crippen LogP contribution in [0.3, 0.4) is 0 Å². The Morgan fingerprint density at radius 1 is 1.53 bits per heavy atom. The van der Waals surface area contributed by atoms with Crippen LogP contribution in [0.2, 0.25) is 0 Å². The quantitative estimate of drug-likeness (QED) is 0.874. The molecule has 0 aromatic carbocycles. The van der Waals surface area contributed by atoms with Crippen molar-refractivity contribution < 1.29 is 9.21 Å². The predicted molar refractivity (Wildman–Crippen MR) is 65.5 cm³/mol. The third-order valence-corrected chi connectivity index (χ3v) is 3.57. The second-order valence-electron chi connectivity index (χ2n) is 4.67. The molecule has 4 nitrogen and oxygen atoms in total. The number of hydrogen-bond acceptors (Lipinski definition) is 3. The summed E-state index contributed by atoms with van der Waals surface area (Å²) in [5.74, 6) is 1.08. The SMILES string of the molecule is CCC1CCC(C)N1C(=O)c1ccc(CN)o1. The van der Waals surface area contributed by atoms with Gasteiger partial charge in [0.05, 0.1) is 6.54 Å². The van der Waals surface area contributed by atoms with Gasteiger partial charge in [-0.2, -0.15) is 0 Å². The van der Waals surface area contributed by atoms with Crippen molar-refractivity contribution in [2.45, 2.75) is 51.7 Å². The lowest BCUT2D eigenvalue weighted by molar-refractivity contribution is 0.0641. The molecule has 4 heteroatoms. The topological polar surface area (TPSA) is 59.5 Å². The molecule has 0 bridgehead atoms. The van der Waals surface area contributed by atoms with E-state index in [1.54, 1.807) is 12.1 Å². The molecule has 1 aromatic heterocycles. The summed E-state index contributed by atoms with van der Waals surface area (Å²) in [6, 6.07) is 4.15. The van der Waals surface area contributed by atoms with Gasteiger partial charge in [-0.15, -0.1) is 0 Å². The maximum atomic E-state index is 12.3. The van der Waals surface area contributed by atoms with Crippen LogP contribution in [0.25, 0.3) is 0 Å². The Morgan fingerprint density at radius 2 is 2.29 bits per heavy atom. The average Bonchev–Trinajstić information content (AvgIpc) is 2.94. The molecule has 1 aliphatic rings. The fourth-order valence-corrected chi connectivity index (χ4v) is 2.57. The van der Waals surface area contributed by atoms with Crippen molar-refractivity contribution in [1.29, 1.82) is 0 Å². The zero-order chi connectivity index (χ0) is 12.4.